The highest BCUT2D eigenvalue weighted by atomic mass is 16.5. The third kappa shape index (κ3) is 4.09. The Morgan fingerprint density at radius 1 is 1.32 bits per heavy atom. The van der Waals surface area contributed by atoms with E-state index in [2.05, 4.69) is 17.2 Å². The highest BCUT2D eigenvalue weighted by Crippen LogP contribution is 2.09. The molecule has 4 heteroatoms. The van der Waals surface area contributed by atoms with Crippen LogP contribution in [-0.2, 0) is 4.74 Å². The molecule has 0 spiro atoms. The molecule has 100 valence electrons. The van der Waals surface area contributed by atoms with Crippen molar-refractivity contribution in [2.45, 2.75) is 18.9 Å². The van der Waals surface area contributed by atoms with Crippen molar-refractivity contribution < 1.29 is 14.6 Å². The van der Waals surface area contributed by atoms with Gasteiger partial charge in [-0.3, -0.25) is 4.79 Å². The Hall–Kier alpha value is -1.83. The molecule has 1 aliphatic heterocycles. The molecule has 0 saturated carbocycles. The number of hydrogen-bond donors (Lipinski definition) is 2. The number of carbonyl (C=O) groups excluding carboxylic acids is 1. The molecule has 2 rings (SSSR count). The highest BCUT2D eigenvalue weighted by Gasteiger charge is 2.16. The number of benzene rings is 1. The summed E-state index contributed by atoms with van der Waals surface area (Å²) in [6.07, 6.45) is 1.73. The van der Waals surface area contributed by atoms with E-state index >= 15 is 0 Å². The zero-order valence-electron chi connectivity index (χ0n) is 10.7. The molecule has 1 aromatic carbocycles. The van der Waals surface area contributed by atoms with Crippen LogP contribution in [0.5, 0.6) is 0 Å². The van der Waals surface area contributed by atoms with E-state index < -0.39 is 0 Å². The van der Waals surface area contributed by atoms with Gasteiger partial charge in [-0.05, 0) is 37.1 Å². The molecular formula is C15H17NO3. The van der Waals surface area contributed by atoms with Gasteiger partial charge >= 0.3 is 0 Å². The Morgan fingerprint density at radius 3 is 2.63 bits per heavy atom. The van der Waals surface area contributed by atoms with Gasteiger partial charge in [-0.15, -0.1) is 0 Å². The second-order valence-corrected chi connectivity index (χ2v) is 4.40. The molecule has 0 unspecified atom stereocenters. The predicted molar refractivity (Wildman–Crippen MR) is 71.7 cm³/mol. The van der Waals surface area contributed by atoms with Crippen molar-refractivity contribution in [2.24, 2.45) is 0 Å². The molecule has 1 saturated heterocycles. The maximum atomic E-state index is 12.0. The van der Waals surface area contributed by atoms with Gasteiger partial charge in [0.25, 0.3) is 5.91 Å². The molecule has 4 nitrogen and oxygen atoms in total. The van der Waals surface area contributed by atoms with Crippen LogP contribution in [0.15, 0.2) is 24.3 Å². The van der Waals surface area contributed by atoms with Gasteiger partial charge in [-0.2, -0.15) is 0 Å². The fourth-order valence-electron chi connectivity index (χ4n) is 1.96. The smallest absolute Gasteiger partial charge is 0.251 e. The molecule has 0 bridgehead atoms. The van der Waals surface area contributed by atoms with Crippen LogP contribution in [0.4, 0.5) is 0 Å². The maximum absolute atomic E-state index is 12.0. The first-order valence-electron chi connectivity index (χ1n) is 6.38. The largest absolute Gasteiger partial charge is 0.384 e. The van der Waals surface area contributed by atoms with E-state index in [9.17, 15) is 4.79 Å². The van der Waals surface area contributed by atoms with Gasteiger partial charge in [0, 0.05) is 30.4 Å². The average Bonchev–Trinajstić information content (AvgIpc) is 2.46. The topological polar surface area (TPSA) is 58.6 Å². The summed E-state index contributed by atoms with van der Waals surface area (Å²) in [5.41, 5.74) is 1.41. The minimum atomic E-state index is -0.161. The van der Waals surface area contributed by atoms with Crippen molar-refractivity contribution in [1.29, 1.82) is 0 Å². The van der Waals surface area contributed by atoms with Crippen LogP contribution in [0.1, 0.15) is 28.8 Å². The van der Waals surface area contributed by atoms with Crippen LogP contribution >= 0.6 is 0 Å². The molecule has 0 radical (unpaired) electrons. The lowest BCUT2D eigenvalue weighted by Gasteiger charge is -2.23. The predicted octanol–water partition coefficient (Wildman–Crippen LogP) is 0.939. The van der Waals surface area contributed by atoms with Crippen LogP contribution in [0, 0.1) is 11.8 Å². The number of aliphatic hydroxyl groups is 1. The molecule has 1 heterocycles. The van der Waals surface area contributed by atoms with Gasteiger partial charge in [0.15, 0.2) is 0 Å². The first kappa shape index (κ1) is 13.6. The second-order valence-electron chi connectivity index (χ2n) is 4.40. The normalized spacial score (nSPS) is 15.4. The zero-order valence-corrected chi connectivity index (χ0v) is 10.7. The van der Waals surface area contributed by atoms with Gasteiger partial charge in [-0.1, -0.05) is 11.8 Å². The third-order valence-corrected chi connectivity index (χ3v) is 3.02. The third-order valence-electron chi connectivity index (χ3n) is 3.02. The van der Waals surface area contributed by atoms with Crippen LogP contribution in [0.25, 0.3) is 0 Å². The van der Waals surface area contributed by atoms with Crippen molar-refractivity contribution in [2.75, 3.05) is 19.8 Å². The number of aliphatic hydroxyl groups excluding tert-OH is 1. The number of amides is 1. The lowest BCUT2D eigenvalue weighted by molar-refractivity contribution is 0.0696. The van der Waals surface area contributed by atoms with Crippen LogP contribution in [0.3, 0.4) is 0 Å². The van der Waals surface area contributed by atoms with Crippen LogP contribution < -0.4 is 5.32 Å². The number of carbonyl (C=O) groups is 1. The van der Waals surface area contributed by atoms with Crippen molar-refractivity contribution >= 4 is 5.91 Å². The summed E-state index contributed by atoms with van der Waals surface area (Å²) in [6.45, 7) is 1.26. The Kier molecular flexibility index (Phi) is 4.96. The second kappa shape index (κ2) is 6.93. The molecule has 1 aliphatic rings. The molecular weight excluding hydrogens is 242 g/mol. The molecule has 1 fully saturated rings. The summed E-state index contributed by atoms with van der Waals surface area (Å²) in [5.74, 6) is 5.30. The van der Waals surface area contributed by atoms with Gasteiger partial charge in [0.1, 0.15) is 6.61 Å². The molecule has 19 heavy (non-hydrogen) atoms. The lowest BCUT2D eigenvalue weighted by atomic mass is 10.1. The van der Waals surface area contributed by atoms with Crippen molar-refractivity contribution in [3.8, 4) is 11.8 Å². The minimum absolute atomic E-state index is 0.0615. The number of nitrogens with one attached hydrogen (secondary N) is 1. The van der Waals surface area contributed by atoms with Gasteiger partial charge < -0.3 is 15.2 Å². The zero-order chi connectivity index (χ0) is 13.5. The molecule has 2 N–H and O–H groups in total. The minimum Gasteiger partial charge on any atom is -0.384 e. The number of rotatable bonds is 2. The molecule has 0 atom stereocenters. The van der Waals surface area contributed by atoms with E-state index in [0.29, 0.717) is 18.8 Å². The quantitative estimate of drug-likeness (QED) is 0.777. The van der Waals surface area contributed by atoms with E-state index in [4.69, 9.17) is 9.84 Å². The van der Waals surface area contributed by atoms with E-state index in [-0.39, 0.29) is 18.6 Å². The highest BCUT2D eigenvalue weighted by molar-refractivity contribution is 5.94. The maximum Gasteiger partial charge on any atom is 0.251 e. The summed E-state index contributed by atoms with van der Waals surface area (Å²) in [4.78, 5) is 12.0. The molecule has 0 aliphatic carbocycles. The Balaban J connectivity index is 1.95. The van der Waals surface area contributed by atoms with Crippen LogP contribution in [0.2, 0.25) is 0 Å². The Bertz CT molecular complexity index is 478. The summed E-state index contributed by atoms with van der Waals surface area (Å²) >= 11 is 0. The van der Waals surface area contributed by atoms with Crippen LogP contribution in [-0.4, -0.2) is 36.9 Å². The standard InChI is InChI=1S/C15H17NO3/c17-9-1-2-12-3-5-13(6-4-12)15(18)16-14-7-10-19-11-8-14/h3-6,14,17H,7-11H2,(H,16,18). The van der Waals surface area contributed by atoms with Crippen molar-refractivity contribution in [3.63, 3.8) is 0 Å². The van der Waals surface area contributed by atoms with Gasteiger partial charge in [0.05, 0.1) is 0 Å². The van der Waals surface area contributed by atoms with E-state index in [1.54, 1.807) is 24.3 Å². The molecule has 1 aromatic rings. The summed E-state index contributed by atoms with van der Waals surface area (Å²) in [5, 5.41) is 11.6. The van der Waals surface area contributed by atoms with Gasteiger partial charge in [-0.25, -0.2) is 0 Å². The lowest BCUT2D eigenvalue weighted by Crippen LogP contribution is -2.38. The monoisotopic (exact) mass is 259 g/mol. The van der Waals surface area contributed by atoms with Gasteiger partial charge in [0.2, 0.25) is 0 Å². The molecule has 1 amide bonds. The Morgan fingerprint density at radius 2 is 2.00 bits per heavy atom. The fourth-order valence-corrected chi connectivity index (χ4v) is 1.96. The van der Waals surface area contributed by atoms with Crippen molar-refractivity contribution in [3.05, 3.63) is 35.4 Å². The summed E-state index contributed by atoms with van der Waals surface area (Å²) in [6, 6.07) is 7.25. The first-order chi connectivity index (χ1) is 9.29. The van der Waals surface area contributed by atoms with Crippen molar-refractivity contribution in [1.82, 2.24) is 5.32 Å². The van der Waals surface area contributed by atoms with E-state index in [0.717, 1.165) is 18.4 Å². The number of hydrogen-bond acceptors (Lipinski definition) is 3. The SMILES string of the molecule is O=C(NC1CCOCC1)c1ccc(C#CCO)cc1. The first-order valence-corrected chi connectivity index (χ1v) is 6.38. The summed E-state index contributed by atoms with van der Waals surface area (Å²) < 4.78 is 5.25. The van der Waals surface area contributed by atoms with E-state index in [1.165, 1.54) is 0 Å². The fraction of sp³-hybridized carbons (Fsp3) is 0.400. The average molecular weight is 259 g/mol. The molecule has 0 aromatic heterocycles. The number of ether oxygens (including phenoxy) is 1. The summed E-state index contributed by atoms with van der Waals surface area (Å²) in [7, 11) is 0. The Labute approximate surface area is 112 Å². The van der Waals surface area contributed by atoms with E-state index in [1.807, 2.05) is 0 Å².